The predicted molar refractivity (Wildman–Crippen MR) is 347 cm³/mol. The summed E-state index contributed by atoms with van der Waals surface area (Å²) < 4.78 is 11.8. The lowest BCUT2D eigenvalue weighted by Gasteiger charge is -2.55. The van der Waals surface area contributed by atoms with Crippen molar-refractivity contribution in [3.8, 4) is 0 Å². The maximum absolute atomic E-state index is 12.9. The molecule has 8 nitrogen and oxygen atoms in total. The van der Waals surface area contributed by atoms with E-state index in [2.05, 4.69) is 38.2 Å². The normalized spacial score (nSPS) is 25.9. The van der Waals surface area contributed by atoms with E-state index in [-0.39, 0.29) is 24.8 Å². The first-order valence-electron chi connectivity index (χ1n) is 32.5. The maximum Gasteiger partial charge on any atom is 0.306 e. The second-order valence-electron chi connectivity index (χ2n) is 26.3. The molecule has 2 rings (SSSR count). The SMILES string of the molecule is CCCCC/C=C\C/C=C\CCCCCCCC(=O)O[C@H]1CC(C)(C)[C@](O)(/C=C/C(C)=C/C=C/C(C)=C/C=C/C=C(C)/C=C/C=C(C)/C=C/[C@@]2(O)C(C)(C)C[C@H](OC(=O)CCCCCCCCCCCCCCC)C[C@@]2(C)O)[C@](C)(O)C1. The average molecular weight is 1140 g/mol. The third kappa shape index (κ3) is 28.2. The predicted octanol–water partition coefficient (Wildman–Crippen LogP) is 19.3. The summed E-state index contributed by atoms with van der Waals surface area (Å²) in [7, 11) is 0. The van der Waals surface area contributed by atoms with Gasteiger partial charge in [0.25, 0.3) is 0 Å². The molecule has 2 saturated carbocycles. The lowest BCUT2D eigenvalue weighted by molar-refractivity contribution is -0.223. The van der Waals surface area contributed by atoms with Crippen LogP contribution < -0.4 is 0 Å². The summed E-state index contributed by atoms with van der Waals surface area (Å²) in [4.78, 5) is 25.7. The molecular formula is C74H120O8. The Morgan fingerprint density at radius 1 is 0.402 bits per heavy atom. The van der Waals surface area contributed by atoms with Gasteiger partial charge in [-0.25, -0.2) is 0 Å². The Labute approximate surface area is 502 Å². The van der Waals surface area contributed by atoms with Crippen LogP contribution in [0.5, 0.6) is 0 Å². The van der Waals surface area contributed by atoms with Gasteiger partial charge in [-0.15, -0.1) is 0 Å². The first kappa shape index (κ1) is 74.0. The minimum absolute atomic E-state index is 0.158. The third-order valence-electron chi connectivity index (χ3n) is 17.3. The monoisotopic (exact) mass is 1140 g/mol. The number of aliphatic hydroxyl groups is 4. The molecular weight excluding hydrogens is 1020 g/mol. The molecule has 0 aromatic rings. The Morgan fingerprint density at radius 3 is 1.07 bits per heavy atom. The largest absolute Gasteiger partial charge is 0.462 e. The standard InChI is InChI=1S/C74H120O8/c1-13-15-17-19-21-23-25-27-28-30-32-34-36-38-40-52-68(76)82-66-58-70(9,10)74(80,72(12,78)60-66)56-54-64(6)50-44-48-62(4)46-42-41-45-61(3)47-43-49-63(5)53-55-73(79)69(7,8)57-65(59-71(73,11)77)81-67(75)51-39-37-35-33-31-29-26-24-22-20-18-16-14-2/h21,23,27-28,41-50,53-56,65-66,77-80H,13-20,22,24-26,29-40,51-52,57-60H2,1-12H3/b23-21-,28-27-,42-41+,47-43+,48-44+,55-53+,56-54+,61-45+,62-46+,63-49+,64-50+/t65-,66-,71+,72+,73+,74+/m0/s1. The Bertz CT molecular complexity index is 2140. The molecule has 6 atom stereocenters. The van der Waals surface area contributed by atoms with Crippen LogP contribution in [0.25, 0.3) is 0 Å². The Balaban J connectivity index is 1.80. The molecule has 464 valence electrons. The summed E-state index contributed by atoms with van der Waals surface area (Å²) in [5.74, 6) is -0.451. The van der Waals surface area contributed by atoms with E-state index in [4.69, 9.17) is 9.47 Å². The van der Waals surface area contributed by atoms with Gasteiger partial charge < -0.3 is 29.9 Å². The van der Waals surface area contributed by atoms with Gasteiger partial charge in [-0.05, 0) is 111 Å². The highest BCUT2D eigenvalue weighted by atomic mass is 16.5. The zero-order chi connectivity index (χ0) is 61.0. The lowest BCUT2D eigenvalue weighted by atomic mass is 9.57. The molecule has 82 heavy (non-hydrogen) atoms. The molecule has 0 aromatic heterocycles. The molecule has 2 aliphatic rings. The number of ether oxygens (including phenoxy) is 2. The number of esters is 2. The van der Waals surface area contributed by atoms with Gasteiger partial charge in [0.2, 0.25) is 0 Å². The summed E-state index contributed by atoms with van der Waals surface area (Å²) in [5.41, 5.74) is -3.64. The van der Waals surface area contributed by atoms with Gasteiger partial charge in [0.15, 0.2) is 0 Å². The van der Waals surface area contributed by atoms with Crippen LogP contribution in [0.2, 0.25) is 0 Å². The number of hydrogen-bond donors (Lipinski definition) is 4. The van der Waals surface area contributed by atoms with Crippen molar-refractivity contribution in [2.24, 2.45) is 10.8 Å². The van der Waals surface area contributed by atoms with Gasteiger partial charge in [-0.3, -0.25) is 9.59 Å². The van der Waals surface area contributed by atoms with E-state index >= 15 is 0 Å². The van der Waals surface area contributed by atoms with E-state index in [0.29, 0.717) is 25.7 Å². The van der Waals surface area contributed by atoms with Crippen LogP contribution in [-0.4, -0.2) is 67.0 Å². The van der Waals surface area contributed by atoms with E-state index in [9.17, 15) is 30.0 Å². The van der Waals surface area contributed by atoms with Gasteiger partial charge >= 0.3 is 11.9 Å². The number of unbranched alkanes of at least 4 members (excludes halogenated alkanes) is 20. The summed E-state index contributed by atoms with van der Waals surface area (Å²) >= 11 is 0. The second kappa shape index (κ2) is 39.5. The highest BCUT2D eigenvalue weighted by molar-refractivity contribution is 5.70. The van der Waals surface area contributed by atoms with Gasteiger partial charge in [-0.2, -0.15) is 0 Å². The van der Waals surface area contributed by atoms with Crippen molar-refractivity contribution >= 4 is 11.9 Å². The fourth-order valence-corrected chi connectivity index (χ4v) is 11.9. The highest BCUT2D eigenvalue weighted by Crippen LogP contribution is 2.52. The third-order valence-corrected chi connectivity index (χ3v) is 17.3. The molecule has 4 N–H and O–H groups in total. The molecule has 0 aliphatic heterocycles. The van der Waals surface area contributed by atoms with Crippen molar-refractivity contribution in [2.75, 3.05) is 0 Å². The summed E-state index contributed by atoms with van der Waals surface area (Å²) in [5, 5.41) is 47.4. The molecule has 0 amide bonds. The van der Waals surface area contributed by atoms with Crippen molar-refractivity contribution in [1.29, 1.82) is 0 Å². The molecule has 0 heterocycles. The van der Waals surface area contributed by atoms with E-state index in [1.807, 2.05) is 128 Å². The van der Waals surface area contributed by atoms with Crippen molar-refractivity contribution < 1.29 is 39.5 Å². The van der Waals surface area contributed by atoms with Crippen LogP contribution in [0.4, 0.5) is 0 Å². The van der Waals surface area contributed by atoms with Crippen LogP contribution in [0.15, 0.2) is 132 Å². The minimum atomic E-state index is -1.54. The molecule has 0 spiro atoms. The quantitative estimate of drug-likeness (QED) is 0.0206. The van der Waals surface area contributed by atoms with Gasteiger partial charge in [0.1, 0.15) is 23.4 Å². The molecule has 0 unspecified atom stereocenters. The fourth-order valence-electron chi connectivity index (χ4n) is 11.9. The molecule has 0 bridgehead atoms. The minimum Gasteiger partial charge on any atom is -0.462 e. The number of rotatable bonds is 40. The molecule has 0 saturated heterocycles. The first-order valence-corrected chi connectivity index (χ1v) is 32.5. The van der Waals surface area contributed by atoms with Crippen LogP contribution in [0.3, 0.4) is 0 Å². The molecule has 0 aromatic carbocycles. The van der Waals surface area contributed by atoms with Crippen LogP contribution in [0, 0.1) is 10.8 Å². The summed E-state index contributed by atoms with van der Waals surface area (Å²) in [6.45, 7) is 23.5. The number of allylic oxidation sites excluding steroid dienone is 20. The Hall–Kier alpha value is -4.08. The van der Waals surface area contributed by atoms with Crippen LogP contribution in [0.1, 0.15) is 276 Å². The number of carbonyl (C=O) groups is 2. The molecule has 2 aliphatic carbocycles. The van der Waals surface area contributed by atoms with Gasteiger partial charge in [0, 0.05) is 36.5 Å². The topological polar surface area (TPSA) is 134 Å². The smallest absolute Gasteiger partial charge is 0.306 e. The Kier molecular flexibility index (Phi) is 35.7. The van der Waals surface area contributed by atoms with Gasteiger partial charge in [0.05, 0.1) is 11.2 Å². The Morgan fingerprint density at radius 2 is 0.707 bits per heavy atom. The van der Waals surface area contributed by atoms with Crippen molar-refractivity contribution in [1.82, 2.24) is 0 Å². The lowest BCUT2D eigenvalue weighted by Crippen LogP contribution is -2.65. The zero-order valence-electron chi connectivity index (χ0n) is 54.2. The van der Waals surface area contributed by atoms with Crippen molar-refractivity contribution in [3.05, 3.63) is 132 Å². The molecule has 2 fully saturated rings. The van der Waals surface area contributed by atoms with Crippen LogP contribution >= 0.6 is 0 Å². The van der Waals surface area contributed by atoms with E-state index in [0.717, 1.165) is 86.5 Å². The average Bonchev–Trinajstić information content (AvgIpc) is 2.38. The highest BCUT2D eigenvalue weighted by Gasteiger charge is 2.60. The summed E-state index contributed by atoms with van der Waals surface area (Å²) in [6.07, 6.45) is 65.9. The first-order chi connectivity index (χ1) is 38.8. The number of hydrogen-bond acceptors (Lipinski definition) is 8. The molecule has 8 heteroatoms. The second-order valence-corrected chi connectivity index (χ2v) is 26.3. The van der Waals surface area contributed by atoms with Crippen molar-refractivity contribution in [3.63, 3.8) is 0 Å². The van der Waals surface area contributed by atoms with Crippen molar-refractivity contribution in [2.45, 2.75) is 310 Å². The number of carbonyl (C=O) groups excluding carboxylic acids is 2. The summed E-state index contributed by atoms with van der Waals surface area (Å²) in [6, 6.07) is 0. The zero-order valence-corrected chi connectivity index (χ0v) is 54.2. The van der Waals surface area contributed by atoms with Crippen LogP contribution in [-0.2, 0) is 19.1 Å². The molecule has 0 radical (unpaired) electrons. The fraction of sp³-hybridized carbons (Fsp3) is 0.676. The van der Waals surface area contributed by atoms with E-state index < -0.39 is 45.4 Å². The van der Waals surface area contributed by atoms with E-state index in [1.165, 1.54) is 89.9 Å². The maximum atomic E-state index is 12.9. The van der Waals surface area contributed by atoms with E-state index in [1.54, 1.807) is 26.0 Å². The van der Waals surface area contributed by atoms with Gasteiger partial charge in [-0.1, -0.05) is 270 Å².